The van der Waals surface area contributed by atoms with Gasteiger partial charge in [0.1, 0.15) is 12.3 Å². The second-order valence-corrected chi connectivity index (χ2v) is 8.66. The monoisotopic (exact) mass is 477 g/mol. The highest BCUT2D eigenvalue weighted by atomic mass is 32.1. The molecule has 2 aromatic rings. The van der Waals surface area contributed by atoms with Crippen molar-refractivity contribution in [2.75, 3.05) is 13.1 Å². The van der Waals surface area contributed by atoms with Crippen molar-refractivity contribution in [1.82, 2.24) is 19.7 Å². The quantitative estimate of drug-likeness (QED) is 0.614. The van der Waals surface area contributed by atoms with Crippen LogP contribution in [0.25, 0.3) is 0 Å². The summed E-state index contributed by atoms with van der Waals surface area (Å²) in [5, 5.41) is 9.82. The summed E-state index contributed by atoms with van der Waals surface area (Å²) in [6, 6.07) is 0.919. The predicted molar refractivity (Wildman–Crippen MR) is 105 cm³/mol. The molecule has 4 rings (SSSR count). The highest BCUT2D eigenvalue weighted by molar-refractivity contribution is 7.10. The molecule has 0 aromatic carbocycles. The van der Waals surface area contributed by atoms with Crippen LogP contribution in [0.15, 0.2) is 16.6 Å². The van der Waals surface area contributed by atoms with Crippen molar-refractivity contribution in [1.29, 1.82) is 0 Å². The molecule has 32 heavy (non-hydrogen) atoms. The van der Waals surface area contributed by atoms with Crippen LogP contribution in [0, 0.1) is 6.92 Å². The van der Waals surface area contributed by atoms with Crippen LogP contribution in [0.5, 0.6) is 0 Å². The highest BCUT2D eigenvalue weighted by Gasteiger charge is 2.35. The average molecular weight is 477 g/mol. The number of hydrogen-bond acceptors (Lipinski definition) is 6. The van der Waals surface area contributed by atoms with Crippen LogP contribution in [0.3, 0.4) is 0 Å². The third kappa shape index (κ3) is 4.76. The lowest BCUT2D eigenvalue weighted by molar-refractivity contribution is -0.142. The van der Waals surface area contributed by atoms with Crippen LogP contribution in [-0.2, 0) is 22.4 Å². The van der Waals surface area contributed by atoms with E-state index >= 15 is 0 Å². The first-order chi connectivity index (χ1) is 15.1. The number of carbonyl (C=O) groups excluding carboxylic acids is 1. The van der Waals surface area contributed by atoms with Gasteiger partial charge in [0.15, 0.2) is 11.8 Å². The molecule has 1 fully saturated rings. The van der Waals surface area contributed by atoms with Crippen molar-refractivity contribution in [3.8, 4) is 0 Å². The normalized spacial score (nSPS) is 20.0. The predicted octanol–water partition coefficient (Wildman–Crippen LogP) is 3.83. The molecule has 0 saturated carbocycles. The Morgan fingerprint density at radius 3 is 2.62 bits per heavy atom. The third-order valence-electron chi connectivity index (χ3n) is 5.55. The van der Waals surface area contributed by atoms with E-state index in [-0.39, 0.29) is 30.5 Å². The summed E-state index contributed by atoms with van der Waals surface area (Å²) in [6.45, 7) is 2.12. The molecule has 174 valence electrons. The average Bonchev–Trinajstić information content (AvgIpc) is 3.47. The zero-order valence-corrected chi connectivity index (χ0v) is 17.8. The molecule has 1 amide bonds. The number of rotatable bonds is 5. The topological polar surface area (TPSA) is 72.6 Å². The summed E-state index contributed by atoms with van der Waals surface area (Å²) in [6.07, 6.45) is -7.10. The fraction of sp³-hybridized carbons (Fsp3) is 0.579. The molecule has 0 unspecified atom stereocenters. The zero-order valence-electron chi connectivity index (χ0n) is 17.0. The maximum atomic E-state index is 12.8. The number of alkyl halides is 5. The molecule has 0 radical (unpaired) electrons. The van der Waals surface area contributed by atoms with Gasteiger partial charge in [-0.05, 0) is 25.8 Å². The van der Waals surface area contributed by atoms with E-state index in [0.29, 0.717) is 37.3 Å². The number of piperidine rings is 1. The van der Waals surface area contributed by atoms with Crippen LogP contribution in [0.1, 0.15) is 47.3 Å². The smallest absolute Gasteiger partial charge is 0.386 e. The Morgan fingerprint density at radius 1 is 1.31 bits per heavy atom. The number of carbonyl (C=O) groups is 1. The number of aryl methyl sites for hydroxylation is 1. The summed E-state index contributed by atoms with van der Waals surface area (Å²) in [5.41, 5.74) is 0.182. The van der Waals surface area contributed by atoms with E-state index < -0.39 is 24.4 Å². The van der Waals surface area contributed by atoms with Crippen LogP contribution in [0.2, 0.25) is 0 Å². The summed E-state index contributed by atoms with van der Waals surface area (Å²) in [7, 11) is 0. The number of thiazole rings is 1. The van der Waals surface area contributed by atoms with Gasteiger partial charge in [0.2, 0.25) is 5.91 Å². The lowest BCUT2D eigenvalue weighted by Crippen LogP contribution is -2.40. The van der Waals surface area contributed by atoms with Gasteiger partial charge in [-0.1, -0.05) is 5.16 Å². The molecule has 13 heteroatoms. The molecule has 0 aliphatic carbocycles. The zero-order chi connectivity index (χ0) is 23.0. The first kappa shape index (κ1) is 22.6. The molecule has 1 saturated heterocycles. The summed E-state index contributed by atoms with van der Waals surface area (Å²) < 4.78 is 65.0. The summed E-state index contributed by atoms with van der Waals surface area (Å²) in [5.74, 6) is -0.186. The van der Waals surface area contributed by atoms with Crippen molar-refractivity contribution in [3.63, 3.8) is 0 Å². The molecule has 0 N–H and O–H groups in total. The Morgan fingerprint density at radius 2 is 2.03 bits per heavy atom. The lowest BCUT2D eigenvalue weighted by atomic mass is 9.97. The fourth-order valence-corrected chi connectivity index (χ4v) is 4.70. The van der Waals surface area contributed by atoms with Gasteiger partial charge >= 0.3 is 6.18 Å². The van der Waals surface area contributed by atoms with E-state index in [1.165, 1.54) is 18.3 Å². The van der Waals surface area contributed by atoms with Crippen molar-refractivity contribution in [2.45, 2.75) is 57.4 Å². The van der Waals surface area contributed by atoms with Gasteiger partial charge in [-0.3, -0.25) is 9.48 Å². The van der Waals surface area contributed by atoms with E-state index in [1.54, 1.807) is 10.3 Å². The van der Waals surface area contributed by atoms with Crippen LogP contribution >= 0.6 is 11.3 Å². The second kappa shape index (κ2) is 8.75. The van der Waals surface area contributed by atoms with Crippen molar-refractivity contribution < 1.29 is 31.6 Å². The minimum Gasteiger partial charge on any atom is -0.386 e. The summed E-state index contributed by atoms with van der Waals surface area (Å²) in [4.78, 5) is 23.4. The van der Waals surface area contributed by atoms with Gasteiger partial charge in [-0.25, -0.2) is 13.8 Å². The van der Waals surface area contributed by atoms with Gasteiger partial charge in [0.05, 0.1) is 10.7 Å². The third-order valence-corrected chi connectivity index (χ3v) is 6.55. The molecule has 1 atom stereocenters. The van der Waals surface area contributed by atoms with E-state index in [2.05, 4.69) is 15.2 Å². The van der Waals surface area contributed by atoms with Crippen molar-refractivity contribution in [2.24, 2.45) is 5.16 Å². The maximum absolute atomic E-state index is 12.8. The fourth-order valence-electron chi connectivity index (χ4n) is 3.70. The minimum atomic E-state index is -4.56. The molecule has 2 aromatic heterocycles. The molecule has 4 heterocycles. The number of amides is 1. The minimum absolute atomic E-state index is 0.0106. The van der Waals surface area contributed by atoms with E-state index in [4.69, 9.17) is 4.84 Å². The lowest BCUT2D eigenvalue weighted by Gasteiger charge is -2.31. The van der Waals surface area contributed by atoms with Gasteiger partial charge in [0, 0.05) is 36.5 Å². The molecule has 2 aliphatic rings. The second-order valence-electron chi connectivity index (χ2n) is 7.77. The Hall–Kier alpha value is -2.57. The number of oxime groups is 1. The van der Waals surface area contributed by atoms with E-state index in [0.717, 1.165) is 15.8 Å². The van der Waals surface area contributed by atoms with Crippen molar-refractivity contribution >= 4 is 23.0 Å². The van der Waals surface area contributed by atoms with Gasteiger partial charge < -0.3 is 9.74 Å². The largest absolute Gasteiger partial charge is 0.435 e. The number of aromatic nitrogens is 3. The Balaban J connectivity index is 1.32. The number of likely N-dealkylation sites (tertiary alicyclic amines) is 1. The SMILES string of the molecule is Cc1cc(C(F)(F)F)nn1CC(=O)N1CCC(c2nc(C3=NO[C@H](C(F)F)C3)cs2)CC1. The van der Waals surface area contributed by atoms with Crippen LogP contribution < -0.4 is 0 Å². The first-order valence-corrected chi connectivity index (χ1v) is 10.9. The van der Waals surface area contributed by atoms with Gasteiger partial charge in [-0.2, -0.15) is 18.3 Å². The number of nitrogens with zero attached hydrogens (tertiary/aromatic N) is 5. The molecular weight excluding hydrogens is 457 g/mol. The Labute approximate surface area is 183 Å². The molecule has 2 aliphatic heterocycles. The summed E-state index contributed by atoms with van der Waals surface area (Å²) >= 11 is 1.41. The Kier molecular flexibility index (Phi) is 6.19. The molecule has 0 bridgehead atoms. The first-order valence-electron chi connectivity index (χ1n) is 9.98. The standard InChI is InChI=1S/C19H20F5N5O2S/c1-10-6-15(19(22,23)24)26-29(10)8-16(30)28-4-2-11(3-5-28)18-25-13(9-32-18)12-7-14(17(20)21)31-27-12/h6,9,11,14,17H,2-5,7-8H2,1H3/t14-/m0/s1. The van der Waals surface area contributed by atoms with Crippen molar-refractivity contribution in [3.05, 3.63) is 33.5 Å². The van der Waals surface area contributed by atoms with E-state index in [1.807, 2.05) is 0 Å². The van der Waals surface area contributed by atoms with Crippen LogP contribution in [0.4, 0.5) is 22.0 Å². The molecular formula is C19H20F5N5O2S. The number of halogens is 5. The molecule has 0 spiro atoms. The Bertz CT molecular complexity index is 1010. The maximum Gasteiger partial charge on any atom is 0.435 e. The van der Waals surface area contributed by atoms with Gasteiger partial charge in [0.25, 0.3) is 6.43 Å². The van der Waals surface area contributed by atoms with Gasteiger partial charge in [-0.15, -0.1) is 11.3 Å². The molecule has 7 nitrogen and oxygen atoms in total. The number of hydrogen-bond donors (Lipinski definition) is 0. The highest BCUT2D eigenvalue weighted by Crippen LogP contribution is 2.32. The van der Waals surface area contributed by atoms with E-state index in [9.17, 15) is 26.7 Å². The van der Waals surface area contributed by atoms with Crippen LogP contribution in [-0.4, -0.2) is 56.9 Å².